The van der Waals surface area contributed by atoms with E-state index < -0.39 is 0 Å². The first-order valence-electron chi connectivity index (χ1n) is 0.572. The molecule has 0 saturated heterocycles. The molecule has 0 bridgehead atoms. The SMILES string of the molecule is N#C[S][Fe].[H+]. The number of nitriles is 1. The molecule has 0 fully saturated rings. The minimum atomic E-state index is 0. The Bertz CT molecular complexity index is 41.4. The van der Waals surface area contributed by atoms with Crippen LogP contribution in [0, 0.1) is 10.7 Å². The zero-order chi connectivity index (χ0) is 3.41. The molecule has 0 heterocycles. The molecule has 0 aliphatic heterocycles. The summed E-state index contributed by atoms with van der Waals surface area (Å²) < 4.78 is 0. The molecule has 0 rings (SSSR count). The summed E-state index contributed by atoms with van der Waals surface area (Å²) >= 11 is 3.16. The second-order valence-electron chi connectivity index (χ2n) is 0.163. The Labute approximate surface area is 37.7 Å². The van der Waals surface area contributed by atoms with Gasteiger partial charge in [-0.1, -0.05) is 0 Å². The summed E-state index contributed by atoms with van der Waals surface area (Å²) in [6.07, 6.45) is 0. The monoisotopic (exact) mass is 115 g/mol. The smallest absolute Gasteiger partial charge is 1.00 e. The molecule has 0 aliphatic rings. The Balaban J connectivity index is 0. The predicted molar refractivity (Wildman–Crippen MR) is 14.3 cm³/mol. The molecule has 0 unspecified atom stereocenters. The van der Waals surface area contributed by atoms with E-state index in [4.69, 9.17) is 5.26 Å². The second kappa shape index (κ2) is 3.36. The second-order valence-corrected chi connectivity index (χ2v) is 1.17. The minimum absolute atomic E-state index is 0. The fourth-order valence-corrected chi connectivity index (χ4v) is 0. The maximum Gasteiger partial charge on any atom is 1.00 e. The molecular weight excluding hydrogens is 114 g/mol. The van der Waals surface area contributed by atoms with Gasteiger partial charge in [0.2, 0.25) is 0 Å². The average molecular weight is 115 g/mol. The normalized spacial score (nSPS) is 5.00. The van der Waals surface area contributed by atoms with E-state index in [1.165, 1.54) is 0 Å². The molecule has 0 saturated carbocycles. The summed E-state index contributed by atoms with van der Waals surface area (Å²) in [5.74, 6) is 0. The van der Waals surface area contributed by atoms with Crippen LogP contribution in [0.5, 0.6) is 0 Å². The molecule has 0 aliphatic carbocycles. The Morgan fingerprint density at radius 3 is 2.50 bits per heavy atom. The van der Waals surface area contributed by atoms with Crippen molar-refractivity contribution in [2.75, 3.05) is 0 Å². The molecule has 0 amide bonds. The quantitative estimate of drug-likeness (QED) is 0.344. The Hall–Kier alpha value is 0.359. The summed E-state index contributed by atoms with van der Waals surface area (Å²) in [5, 5.41) is 9.26. The number of hydrogen-bond donors (Lipinski definition) is 0. The Morgan fingerprint density at radius 1 is 2.25 bits per heavy atom. The standard InChI is InChI=1S/CHNS.Fe/c2-1-3;/h3H;/q;+1. The van der Waals surface area contributed by atoms with E-state index in [1.807, 2.05) is 0 Å². The van der Waals surface area contributed by atoms with Crippen molar-refractivity contribution in [1.82, 2.24) is 0 Å². The third-order valence-corrected chi connectivity index (χ3v) is 0.399. The first-order chi connectivity index (χ1) is 1.91. The topological polar surface area (TPSA) is 23.8 Å². The van der Waals surface area contributed by atoms with Gasteiger partial charge in [-0.3, -0.25) is 0 Å². The van der Waals surface area contributed by atoms with Gasteiger partial charge in [0, 0.05) is 0 Å². The van der Waals surface area contributed by atoms with Gasteiger partial charge in [0.25, 0.3) is 0 Å². The van der Waals surface area contributed by atoms with E-state index in [9.17, 15) is 0 Å². The van der Waals surface area contributed by atoms with E-state index >= 15 is 0 Å². The first kappa shape index (κ1) is 4.36. The van der Waals surface area contributed by atoms with Crippen molar-refractivity contribution in [2.45, 2.75) is 0 Å². The number of hydrogen-bond acceptors (Lipinski definition) is 2. The third kappa shape index (κ3) is 2.36. The molecule has 0 spiro atoms. The van der Waals surface area contributed by atoms with Crippen LogP contribution in [0.3, 0.4) is 0 Å². The summed E-state index contributed by atoms with van der Waals surface area (Å²) in [6.45, 7) is 0. The Morgan fingerprint density at radius 2 is 2.50 bits per heavy atom. The largest absolute Gasteiger partial charge is 1.00 e. The van der Waals surface area contributed by atoms with Crippen LogP contribution in [-0.4, -0.2) is 0 Å². The fraction of sp³-hybridized carbons (Fsp3) is 0. The van der Waals surface area contributed by atoms with E-state index in [0.29, 0.717) is 0 Å². The zero-order valence-electron chi connectivity index (χ0n) is 2.71. The number of rotatable bonds is 0. The molecular formula is CHFeNS+. The molecule has 4 heavy (non-hydrogen) atoms. The van der Waals surface area contributed by atoms with Crippen LogP contribution in [0.2, 0.25) is 0 Å². The van der Waals surface area contributed by atoms with Gasteiger partial charge in [0.15, 0.2) is 0 Å². The van der Waals surface area contributed by atoms with Crippen molar-refractivity contribution >= 4 is 10.2 Å². The summed E-state index contributed by atoms with van der Waals surface area (Å²) in [4.78, 5) is 0. The van der Waals surface area contributed by atoms with Crippen molar-refractivity contribution in [3.05, 3.63) is 0 Å². The van der Waals surface area contributed by atoms with Gasteiger partial charge in [-0.2, -0.15) is 0 Å². The molecule has 23 valence electrons. The van der Waals surface area contributed by atoms with E-state index in [1.54, 1.807) is 5.40 Å². The third-order valence-electron chi connectivity index (χ3n) is 0.0323. The number of thiocyanates is 1. The van der Waals surface area contributed by atoms with Gasteiger partial charge >= 0.3 is 37.2 Å². The molecule has 0 atom stereocenters. The zero-order valence-corrected chi connectivity index (χ0v) is 3.63. The molecule has 0 N–H and O–H groups in total. The average Bonchev–Trinajstić information content (AvgIpc) is 1.37. The van der Waals surface area contributed by atoms with Crippen LogP contribution in [0.25, 0.3) is 0 Å². The van der Waals surface area contributed by atoms with Gasteiger partial charge in [0.1, 0.15) is 0 Å². The number of nitrogens with zero attached hydrogens (tertiary/aromatic N) is 1. The predicted octanol–water partition coefficient (Wildman–Crippen LogP) is 0.775. The van der Waals surface area contributed by atoms with Crippen molar-refractivity contribution in [3.8, 4) is 5.40 Å². The van der Waals surface area contributed by atoms with E-state index in [0.717, 1.165) is 10.2 Å². The van der Waals surface area contributed by atoms with Crippen LogP contribution >= 0.6 is 10.2 Å². The summed E-state index contributed by atoms with van der Waals surface area (Å²) in [7, 11) is 0.912. The maximum atomic E-state index is 7.53. The van der Waals surface area contributed by atoms with Crippen molar-refractivity contribution in [1.29, 1.82) is 5.26 Å². The van der Waals surface area contributed by atoms with Crippen molar-refractivity contribution in [2.24, 2.45) is 0 Å². The van der Waals surface area contributed by atoms with Crippen LogP contribution in [-0.2, 0) is 14.9 Å². The fourth-order valence-electron chi connectivity index (χ4n) is 0. The molecule has 3 heteroatoms. The van der Waals surface area contributed by atoms with E-state index in [2.05, 4.69) is 14.9 Å². The maximum absolute atomic E-state index is 7.53. The molecule has 0 radical (unpaired) electrons. The molecule has 0 aromatic carbocycles. The van der Waals surface area contributed by atoms with Gasteiger partial charge in [-0.05, 0) is 0 Å². The van der Waals surface area contributed by atoms with Crippen LogP contribution in [0.15, 0.2) is 0 Å². The van der Waals surface area contributed by atoms with Crippen molar-refractivity contribution in [3.63, 3.8) is 0 Å². The van der Waals surface area contributed by atoms with Gasteiger partial charge < -0.3 is 0 Å². The first-order valence-corrected chi connectivity index (χ1v) is 2.62. The van der Waals surface area contributed by atoms with Crippen LogP contribution in [0.1, 0.15) is 1.43 Å². The molecule has 1 nitrogen and oxygen atoms in total. The van der Waals surface area contributed by atoms with Gasteiger partial charge in [-0.25, -0.2) is 0 Å². The van der Waals surface area contributed by atoms with Crippen molar-refractivity contribution < 1.29 is 16.3 Å². The minimum Gasteiger partial charge on any atom is 1.00 e. The van der Waals surface area contributed by atoms with Gasteiger partial charge in [-0.15, -0.1) is 0 Å². The molecule has 0 aromatic rings. The van der Waals surface area contributed by atoms with Crippen LogP contribution < -0.4 is 0 Å². The van der Waals surface area contributed by atoms with Crippen LogP contribution in [0.4, 0.5) is 0 Å². The summed E-state index contributed by atoms with van der Waals surface area (Å²) in [6, 6.07) is 0. The van der Waals surface area contributed by atoms with E-state index in [-0.39, 0.29) is 1.43 Å². The summed E-state index contributed by atoms with van der Waals surface area (Å²) in [5.41, 5.74) is 0. The Kier molecular flexibility index (Phi) is 3.66. The molecule has 0 aromatic heterocycles. The van der Waals surface area contributed by atoms with Gasteiger partial charge in [0.05, 0.1) is 0 Å².